The number of nitrogens with two attached hydrogens (primary N) is 1. The number of nitrogens with zero attached hydrogens (tertiary/aromatic N) is 2. The van der Waals surface area contributed by atoms with Crippen LogP contribution in [0.15, 0.2) is 0 Å². The molecular weight excluding hydrogens is 210 g/mol. The Morgan fingerprint density at radius 2 is 1.76 bits per heavy atom. The first kappa shape index (κ1) is 13.3. The second kappa shape index (κ2) is 5.68. The minimum atomic E-state index is 0.317. The Hall–Kier alpha value is -0.120. The Morgan fingerprint density at radius 1 is 1.12 bits per heavy atom. The topological polar surface area (TPSA) is 32.5 Å². The van der Waals surface area contributed by atoms with Crippen LogP contribution in [0.4, 0.5) is 0 Å². The minimum Gasteiger partial charge on any atom is -0.329 e. The highest BCUT2D eigenvalue weighted by Gasteiger charge is 2.39. The van der Waals surface area contributed by atoms with Gasteiger partial charge in [-0.15, -0.1) is 0 Å². The second-order valence-corrected chi connectivity index (χ2v) is 6.15. The maximum atomic E-state index is 6.18. The molecule has 1 heterocycles. The van der Waals surface area contributed by atoms with Gasteiger partial charge in [-0.3, -0.25) is 4.90 Å². The number of hydrogen-bond donors (Lipinski definition) is 1. The van der Waals surface area contributed by atoms with Gasteiger partial charge in [0.05, 0.1) is 0 Å². The summed E-state index contributed by atoms with van der Waals surface area (Å²) in [7, 11) is 2.23. The third-order valence-corrected chi connectivity index (χ3v) is 4.85. The zero-order valence-corrected chi connectivity index (χ0v) is 11.6. The van der Waals surface area contributed by atoms with Gasteiger partial charge in [-0.1, -0.05) is 25.7 Å². The zero-order valence-electron chi connectivity index (χ0n) is 11.6. The molecule has 0 radical (unpaired) electrons. The van der Waals surface area contributed by atoms with Crippen LogP contribution in [0.3, 0.4) is 0 Å². The summed E-state index contributed by atoms with van der Waals surface area (Å²) in [6.07, 6.45) is 8.19. The highest BCUT2D eigenvalue weighted by atomic mass is 15.3. The van der Waals surface area contributed by atoms with Crippen molar-refractivity contribution in [3.8, 4) is 0 Å². The molecule has 1 saturated carbocycles. The van der Waals surface area contributed by atoms with Crippen LogP contribution in [0.2, 0.25) is 0 Å². The summed E-state index contributed by atoms with van der Waals surface area (Å²) in [6.45, 7) is 6.82. The predicted octanol–water partition coefficient (Wildman–Crippen LogP) is 1.67. The molecule has 1 aliphatic carbocycles. The quantitative estimate of drug-likeness (QED) is 0.744. The van der Waals surface area contributed by atoms with Gasteiger partial charge in [-0.25, -0.2) is 0 Å². The molecule has 2 N–H and O–H groups in total. The van der Waals surface area contributed by atoms with Crippen molar-refractivity contribution in [2.75, 3.05) is 33.2 Å². The van der Waals surface area contributed by atoms with Crippen molar-refractivity contribution in [1.82, 2.24) is 9.80 Å². The fraction of sp³-hybridized carbons (Fsp3) is 1.00. The second-order valence-electron chi connectivity index (χ2n) is 6.15. The van der Waals surface area contributed by atoms with Crippen LogP contribution in [-0.2, 0) is 0 Å². The first-order valence-electron chi connectivity index (χ1n) is 7.33. The number of piperazine rings is 1. The van der Waals surface area contributed by atoms with E-state index in [2.05, 4.69) is 23.8 Å². The number of likely N-dealkylation sites (N-methyl/N-ethyl adjacent to an activating group) is 1. The van der Waals surface area contributed by atoms with E-state index in [1.807, 2.05) is 0 Å². The van der Waals surface area contributed by atoms with E-state index in [1.165, 1.54) is 58.2 Å². The van der Waals surface area contributed by atoms with Gasteiger partial charge in [0.2, 0.25) is 0 Å². The van der Waals surface area contributed by atoms with Crippen molar-refractivity contribution in [1.29, 1.82) is 0 Å². The van der Waals surface area contributed by atoms with Crippen molar-refractivity contribution < 1.29 is 0 Å². The molecule has 0 aromatic heterocycles. The average molecular weight is 239 g/mol. The van der Waals surface area contributed by atoms with Gasteiger partial charge in [0.1, 0.15) is 0 Å². The molecule has 0 bridgehead atoms. The lowest BCUT2D eigenvalue weighted by Crippen LogP contribution is -2.63. The summed E-state index contributed by atoms with van der Waals surface area (Å²) in [4.78, 5) is 5.18. The maximum absolute atomic E-state index is 6.18. The van der Waals surface area contributed by atoms with Crippen LogP contribution in [-0.4, -0.2) is 54.6 Å². The molecule has 3 nitrogen and oxygen atoms in total. The van der Waals surface area contributed by atoms with E-state index in [4.69, 9.17) is 5.73 Å². The van der Waals surface area contributed by atoms with Gasteiger partial charge in [-0.05, 0) is 26.8 Å². The lowest BCUT2D eigenvalue weighted by molar-refractivity contribution is -0.00569. The molecule has 0 spiro atoms. The SMILES string of the molecule is CC1CN(C)CCN1C1(CN)CCCCCC1. The normalized spacial score (nSPS) is 32.3. The van der Waals surface area contributed by atoms with Crippen LogP contribution >= 0.6 is 0 Å². The summed E-state index contributed by atoms with van der Waals surface area (Å²) in [5.41, 5.74) is 6.50. The van der Waals surface area contributed by atoms with Crippen molar-refractivity contribution in [2.24, 2.45) is 5.73 Å². The molecule has 1 unspecified atom stereocenters. The molecule has 0 amide bonds. The largest absolute Gasteiger partial charge is 0.329 e. The summed E-state index contributed by atoms with van der Waals surface area (Å²) >= 11 is 0. The third kappa shape index (κ3) is 2.83. The number of hydrogen-bond acceptors (Lipinski definition) is 3. The Bertz CT molecular complexity index is 234. The fourth-order valence-electron chi connectivity index (χ4n) is 3.84. The van der Waals surface area contributed by atoms with E-state index in [0.29, 0.717) is 11.6 Å². The first-order chi connectivity index (χ1) is 8.18. The van der Waals surface area contributed by atoms with Gasteiger partial charge < -0.3 is 10.6 Å². The summed E-state index contributed by atoms with van der Waals surface area (Å²) in [6, 6.07) is 0.662. The number of rotatable bonds is 2. The maximum Gasteiger partial charge on any atom is 0.0335 e. The lowest BCUT2D eigenvalue weighted by Gasteiger charge is -2.50. The molecule has 2 aliphatic rings. The molecule has 1 atom stereocenters. The van der Waals surface area contributed by atoms with Crippen molar-refractivity contribution >= 4 is 0 Å². The van der Waals surface area contributed by atoms with E-state index >= 15 is 0 Å². The van der Waals surface area contributed by atoms with Crippen molar-refractivity contribution in [3.63, 3.8) is 0 Å². The van der Waals surface area contributed by atoms with Gasteiger partial charge in [0, 0.05) is 37.8 Å². The summed E-state index contributed by atoms with van der Waals surface area (Å²) in [5, 5.41) is 0. The Labute approximate surface area is 106 Å². The first-order valence-corrected chi connectivity index (χ1v) is 7.33. The lowest BCUT2D eigenvalue weighted by atomic mass is 9.86. The summed E-state index contributed by atoms with van der Waals surface area (Å²) in [5.74, 6) is 0. The van der Waals surface area contributed by atoms with Crippen molar-refractivity contribution in [3.05, 3.63) is 0 Å². The Kier molecular flexibility index (Phi) is 4.45. The van der Waals surface area contributed by atoms with Crippen LogP contribution in [0.25, 0.3) is 0 Å². The molecule has 2 fully saturated rings. The van der Waals surface area contributed by atoms with Gasteiger partial charge in [0.25, 0.3) is 0 Å². The Balaban J connectivity index is 2.10. The molecular formula is C14H29N3. The molecule has 100 valence electrons. The van der Waals surface area contributed by atoms with E-state index in [-0.39, 0.29) is 0 Å². The Morgan fingerprint density at radius 3 is 2.29 bits per heavy atom. The van der Waals surface area contributed by atoms with E-state index < -0.39 is 0 Å². The molecule has 17 heavy (non-hydrogen) atoms. The van der Waals surface area contributed by atoms with Crippen LogP contribution in [0, 0.1) is 0 Å². The smallest absolute Gasteiger partial charge is 0.0335 e. The molecule has 1 saturated heterocycles. The highest BCUT2D eigenvalue weighted by Crippen LogP contribution is 2.34. The van der Waals surface area contributed by atoms with E-state index in [0.717, 1.165) is 6.54 Å². The zero-order chi connectivity index (χ0) is 12.3. The van der Waals surface area contributed by atoms with Crippen LogP contribution in [0.1, 0.15) is 45.4 Å². The van der Waals surface area contributed by atoms with E-state index in [9.17, 15) is 0 Å². The predicted molar refractivity (Wildman–Crippen MR) is 73.2 cm³/mol. The molecule has 1 aliphatic heterocycles. The molecule has 0 aromatic carbocycles. The molecule has 0 aromatic rings. The van der Waals surface area contributed by atoms with E-state index in [1.54, 1.807) is 0 Å². The molecule has 2 rings (SSSR count). The monoisotopic (exact) mass is 239 g/mol. The third-order valence-electron chi connectivity index (χ3n) is 4.85. The van der Waals surface area contributed by atoms with Gasteiger partial charge >= 0.3 is 0 Å². The van der Waals surface area contributed by atoms with Crippen molar-refractivity contribution in [2.45, 2.75) is 57.0 Å². The minimum absolute atomic E-state index is 0.317. The van der Waals surface area contributed by atoms with Gasteiger partial charge in [-0.2, -0.15) is 0 Å². The fourth-order valence-corrected chi connectivity index (χ4v) is 3.84. The summed E-state index contributed by atoms with van der Waals surface area (Å²) < 4.78 is 0. The highest BCUT2D eigenvalue weighted by molar-refractivity contribution is 4.97. The van der Waals surface area contributed by atoms with Crippen LogP contribution in [0.5, 0.6) is 0 Å². The standard InChI is InChI=1S/C14H29N3/c1-13-11-16(2)9-10-17(13)14(12-15)7-5-3-4-6-8-14/h13H,3-12,15H2,1-2H3. The van der Waals surface area contributed by atoms with Crippen LogP contribution < -0.4 is 5.73 Å². The van der Waals surface area contributed by atoms with Gasteiger partial charge in [0.15, 0.2) is 0 Å². The molecule has 3 heteroatoms. The average Bonchev–Trinajstić information content (AvgIpc) is 2.55.